The molecular weight excluding hydrogens is 290 g/mol. The molecule has 116 valence electrons. The number of imidazole rings is 1. The summed E-state index contributed by atoms with van der Waals surface area (Å²) < 4.78 is 7.23. The molecule has 1 aromatic carbocycles. The summed E-state index contributed by atoms with van der Waals surface area (Å²) in [6.07, 6.45) is 6.90. The van der Waals surface area contributed by atoms with Crippen LogP contribution in [0.3, 0.4) is 0 Å². The second-order valence-electron chi connectivity index (χ2n) is 4.92. The normalized spacial score (nSPS) is 11.0. The molecule has 0 aliphatic carbocycles. The van der Waals surface area contributed by atoms with Crippen molar-refractivity contribution in [2.45, 2.75) is 6.92 Å². The van der Waals surface area contributed by atoms with Crippen LogP contribution in [-0.2, 0) is 4.79 Å². The Bertz CT molecular complexity index is 802. The SMILES string of the molecule is CCOc1ccc(/C=C/C(=O)Nc2cn3ccccc3n2)cc1. The smallest absolute Gasteiger partial charge is 0.249 e. The van der Waals surface area contributed by atoms with Crippen molar-refractivity contribution in [2.24, 2.45) is 0 Å². The first-order valence-electron chi connectivity index (χ1n) is 7.40. The summed E-state index contributed by atoms with van der Waals surface area (Å²) in [5.41, 5.74) is 1.72. The highest BCUT2D eigenvalue weighted by Gasteiger charge is 2.03. The fraction of sp³-hybridized carbons (Fsp3) is 0.111. The molecule has 0 aliphatic heterocycles. The van der Waals surface area contributed by atoms with Gasteiger partial charge in [0.1, 0.15) is 11.4 Å². The molecule has 0 saturated carbocycles. The van der Waals surface area contributed by atoms with Crippen LogP contribution in [0.25, 0.3) is 11.7 Å². The molecular formula is C18H17N3O2. The van der Waals surface area contributed by atoms with Crippen LogP contribution < -0.4 is 10.1 Å². The first kappa shape index (κ1) is 14.8. The molecule has 3 aromatic rings. The number of nitrogens with zero attached hydrogens (tertiary/aromatic N) is 2. The highest BCUT2D eigenvalue weighted by Crippen LogP contribution is 2.13. The minimum Gasteiger partial charge on any atom is -0.494 e. The van der Waals surface area contributed by atoms with E-state index in [0.29, 0.717) is 12.4 Å². The summed E-state index contributed by atoms with van der Waals surface area (Å²) in [5, 5.41) is 2.75. The van der Waals surface area contributed by atoms with E-state index in [1.54, 1.807) is 12.3 Å². The van der Waals surface area contributed by atoms with Crippen LogP contribution in [0.1, 0.15) is 12.5 Å². The monoisotopic (exact) mass is 307 g/mol. The zero-order valence-corrected chi connectivity index (χ0v) is 12.8. The fourth-order valence-electron chi connectivity index (χ4n) is 2.18. The van der Waals surface area contributed by atoms with Gasteiger partial charge in [-0.3, -0.25) is 4.79 Å². The van der Waals surface area contributed by atoms with E-state index in [1.165, 1.54) is 6.08 Å². The second kappa shape index (κ2) is 6.79. The van der Waals surface area contributed by atoms with Gasteiger partial charge in [-0.05, 0) is 42.8 Å². The Morgan fingerprint density at radius 2 is 2.09 bits per heavy atom. The Labute approximate surface area is 134 Å². The van der Waals surface area contributed by atoms with Gasteiger partial charge in [-0.2, -0.15) is 0 Å². The third-order valence-corrected chi connectivity index (χ3v) is 3.23. The molecule has 5 nitrogen and oxygen atoms in total. The maximum Gasteiger partial charge on any atom is 0.249 e. The Kier molecular flexibility index (Phi) is 4.38. The summed E-state index contributed by atoms with van der Waals surface area (Å²) in [6.45, 7) is 2.58. The third kappa shape index (κ3) is 3.77. The van der Waals surface area contributed by atoms with Crippen LogP contribution in [0.2, 0.25) is 0 Å². The van der Waals surface area contributed by atoms with Gasteiger partial charge in [0, 0.05) is 12.3 Å². The first-order chi connectivity index (χ1) is 11.2. The molecule has 0 spiro atoms. The number of pyridine rings is 1. The Morgan fingerprint density at radius 3 is 2.83 bits per heavy atom. The molecule has 0 fully saturated rings. The summed E-state index contributed by atoms with van der Waals surface area (Å²) >= 11 is 0. The molecule has 0 bridgehead atoms. The Morgan fingerprint density at radius 1 is 1.26 bits per heavy atom. The van der Waals surface area contributed by atoms with Crippen molar-refractivity contribution < 1.29 is 9.53 Å². The van der Waals surface area contributed by atoms with Crippen molar-refractivity contribution in [1.29, 1.82) is 0 Å². The van der Waals surface area contributed by atoms with Crippen molar-refractivity contribution in [3.63, 3.8) is 0 Å². The van der Waals surface area contributed by atoms with Crippen molar-refractivity contribution in [2.75, 3.05) is 11.9 Å². The number of ether oxygens (including phenoxy) is 1. The standard InChI is InChI=1S/C18H17N3O2/c1-2-23-15-9-6-14(7-10-15)8-11-18(22)20-16-13-21-12-4-3-5-17(21)19-16/h3-13H,2H2,1H3,(H,20,22)/b11-8+. The van der Waals surface area contributed by atoms with Crippen molar-refractivity contribution in [3.8, 4) is 5.75 Å². The predicted octanol–water partition coefficient (Wildman–Crippen LogP) is 3.38. The summed E-state index contributed by atoms with van der Waals surface area (Å²) in [7, 11) is 0. The predicted molar refractivity (Wildman–Crippen MR) is 90.5 cm³/mol. The maximum atomic E-state index is 12.0. The Balaban J connectivity index is 1.64. The minimum absolute atomic E-state index is 0.220. The number of amides is 1. The van der Waals surface area contributed by atoms with Gasteiger partial charge in [-0.1, -0.05) is 18.2 Å². The van der Waals surface area contributed by atoms with E-state index in [4.69, 9.17) is 4.74 Å². The van der Waals surface area contributed by atoms with Gasteiger partial charge < -0.3 is 14.5 Å². The number of carbonyl (C=O) groups excluding carboxylic acids is 1. The number of aromatic nitrogens is 2. The molecule has 5 heteroatoms. The Hall–Kier alpha value is -3.08. The molecule has 0 unspecified atom stereocenters. The lowest BCUT2D eigenvalue weighted by molar-refractivity contribution is -0.111. The number of benzene rings is 1. The molecule has 0 atom stereocenters. The minimum atomic E-state index is -0.220. The van der Waals surface area contributed by atoms with Crippen molar-refractivity contribution >= 4 is 23.4 Å². The topological polar surface area (TPSA) is 55.6 Å². The van der Waals surface area contributed by atoms with E-state index in [2.05, 4.69) is 10.3 Å². The quantitative estimate of drug-likeness (QED) is 0.735. The second-order valence-corrected chi connectivity index (χ2v) is 4.92. The molecule has 0 saturated heterocycles. The van der Waals surface area contributed by atoms with E-state index in [0.717, 1.165) is 17.0 Å². The van der Waals surface area contributed by atoms with Crippen LogP contribution in [0.15, 0.2) is 60.9 Å². The van der Waals surface area contributed by atoms with E-state index in [1.807, 2.05) is 60.0 Å². The van der Waals surface area contributed by atoms with Crippen molar-refractivity contribution in [3.05, 3.63) is 66.5 Å². The molecule has 1 amide bonds. The van der Waals surface area contributed by atoms with Gasteiger partial charge in [0.25, 0.3) is 0 Å². The number of carbonyl (C=O) groups is 1. The number of hydrogen-bond donors (Lipinski definition) is 1. The number of anilines is 1. The summed E-state index contributed by atoms with van der Waals surface area (Å²) in [5.74, 6) is 1.12. The zero-order chi connectivity index (χ0) is 16.1. The van der Waals surface area contributed by atoms with Crippen molar-refractivity contribution in [1.82, 2.24) is 9.38 Å². The van der Waals surface area contributed by atoms with Gasteiger partial charge in [0.2, 0.25) is 5.91 Å². The largest absolute Gasteiger partial charge is 0.494 e. The number of fused-ring (bicyclic) bond motifs is 1. The number of nitrogens with one attached hydrogen (secondary N) is 1. The van der Waals surface area contributed by atoms with E-state index in [9.17, 15) is 4.79 Å². The lowest BCUT2D eigenvalue weighted by Crippen LogP contribution is -2.07. The van der Waals surface area contributed by atoms with Crippen LogP contribution >= 0.6 is 0 Å². The van der Waals surface area contributed by atoms with Gasteiger partial charge in [-0.25, -0.2) is 4.98 Å². The van der Waals surface area contributed by atoms with Gasteiger partial charge >= 0.3 is 0 Å². The molecule has 3 rings (SSSR count). The van der Waals surface area contributed by atoms with Gasteiger partial charge in [0.15, 0.2) is 5.82 Å². The van der Waals surface area contributed by atoms with Crippen LogP contribution in [-0.4, -0.2) is 21.9 Å². The third-order valence-electron chi connectivity index (χ3n) is 3.23. The van der Waals surface area contributed by atoms with E-state index < -0.39 is 0 Å². The highest BCUT2D eigenvalue weighted by molar-refractivity contribution is 6.01. The average Bonchev–Trinajstić information content (AvgIpc) is 2.96. The molecule has 23 heavy (non-hydrogen) atoms. The van der Waals surface area contributed by atoms with Gasteiger partial charge in [0.05, 0.1) is 12.8 Å². The van der Waals surface area contributed by atoms with Crippen LogP contribution in [0.5, 0.6) is 5.75 Å². The summed E-state index contributed by atoms with van der Waals surface area (Å²) in [4.78, 5) is 16.3. The molecule has 1 N–H and O–H groups in total. The summed E-state index contributed by atoms with van der Waals surface area (Å²) in [6, 6.07) is 13.3. The lowest BCUT2D eigenvalue weighted by atomic mass is 10.2. The first-order valence-corrected chi connectivity index (χ1v) is 7.40. The molecule has 0 aliphatic rings. The maximum absolute atomic E-state index is 12.0. The van der Waals surface area contributed by atoms with E-state index in [-0.39, 0.29) is 5.91 Å². The molecule has 0 radical (unpaired) electrons. The number of hydrogen-bond acceptors (Lipinski definition) is 3. The average molecular weight is 307 g/mol. The molecule has 2 heterocycles. The zero-order valence-electron chi connectivity index (χ0n) is 12.8. The number of rotatable bonds is 5. The van der Waals surface area contributed by atoms with Gasteiger partial charge in [-0.15, -0.1) is 0 Å². The fourth-order valence-corrected chi connectivity index (χ4v) is 2.18. The lowest BCUT2D eigenvalue weighted by Gasteiger charge is -2.02. The van der Waals surface area contributed by atoms with Crippen LogP contribution in [0.4, 0.5) is 5.82 Å². The molecule has 2 aromatic heterocycles. The van der Waals surface area contributed by atoms with E-state index >= 15 is 0 Å². The van der Waals surface area contributed by atoms with Crippen LogP contribution in [0, 0.1) is 0 Å². The highest BCUT2D eigenvalue weighted by atomic mass is 16.5.